The summed E-state index contributed by atoms with van der Waals surface area (Å²) in [5, 5.41) is 14.4. The van der Waals surface area contributed by atoms with Gasteiger partial charge < -0.3 is 21.1 Å². The Morgan fingerprint density at radius 2 is 1.89 bits per heavy atom. The summed E-state index contributed by atoms with van der Waals surface area (Å²) in [5.74, 6) is 0.857. The van der Waals surface area contributed by atoms with Crippen molar-refractivity contribution in [1.82, 2.24) is 19.9 Å². The van der Waals surface area contributed by atoms with E-state index in [1.54, 1.807) is 0 Å². The molecule has 7 nitrogen and oxygen atoms in total. The average molecular weight is 499 g/mol. The number of nitrogens with one attached hydrogen (secondary N) is 1. The van der Waals surface area contributed by atoms with Crippen molar-refractivity contribution in [2.75, 3.05) is 31.2 Å². The molecule has 4 aromatic rings. The maximum atomic E-state index is 10.1. The molecule has 0 spiro atoms. The minimum absolute atomic E-state index is 0.00858. The van der Waals surface area contributed by atoms with E-state index in [9.17, 15) is 5.11 Å². The fraction of sp³-hybridized carbons (Fsp3) is 0.367. The van der Waals surface area contributed by atoms with E-state index in [1.165, 1.54) is 5.56 Å². The zero-order valence-corrected chi connectivity index (χ0v) is 22.1. The molecular weight excluding hydrogens is 460 g/mol. The Kier molecular flexibility index (Phi) is 8.69. The first kappa shape index (κ1) is 26.5. The third-order valence-electron chi connectivity index (χ3n) is 6.85. The van der Waals surface area contributed by atoms with Crippen molar-refractivity contribution in [1.29, 1.82) is 0 Å². The van der Waals surface area contributed by atoms with E-state index < -0.39 is 5.54 Å². The summed E-state index contributed by atoms with van der Waals surface area (Å²) in [4.78, 5) is 15.7. The molecule has 0 aliphatic carbocycles. The number of nitrogens with two attached hydrogens (primary N) is 1. The fourth-order valence-electron chi connectivity index (χ4n) is 4.61. The molecule has 0 fully saturated rings. The number of hydrogen-bond acceptors (Lipinski definition) is 7. The number of nitrogens with zero attached hydrogens (tertiary/aromatic N) is 4. The zero-order valence-electron chi connectivity index (χ0n) is 22.1. The van der Waals surface area contributed by atoms with Gasteiger partial charge in [-0.05, 0) is 67.3 Å². The minimum Gasteiger partial charge on any atom is -0.394 e. The molecule has 0 aliphatic rings. The van der Waals surface area contributed by atoms with Crippen LogP contribution in [0.25, 0.3) is 22.0 Å². The molecule has 0 amide bonds. The highest BCUT2D eigenvalue weighted by Crippen LogP contribution is 2.31. The molecule has 0 unspecified atom stereocenters. The van der Waals surface area contributed by atoms with Crippen LogP contribution in [0.2, 0.25) is 0 Å². The van der Waals surface area contributed by atoms with Crippen molar-refractivity contribution < 1.29 is 5.11 Å². The number of hydrogen-bond donors (Lipinski definition) is 3. The van der Waals surface area contributed by atoms with Crippen molar-refractivity contribution in [3.8, 4) is 11.1 Å². The van der Waals surface area contributed by atoms with Crippen molar-refractivity contribution >= 4 is 22.7 Å². The molecule has 0 saturated heterocycles. The number of aliphatic hydroxyl groups excluding tert-OH is 1. The van der Waals surface area contributed by atoms with E-state index in [0.29, 0.717) is 5.82 Å². The molecule has 194 valence electrons. The summed E-state index contributed by atoms with van der Waals surface area (Å²) in [6, 6.07) is 18.8. The van der Waals surface area contributed by atoms with Crippen LogP contribution in [0, 0.1) is 0 Å². The first-order valence-corrected chi connectivity index (χ1v) is 13.0. The Morgan fingerprint density at radius 1 is 1.08 bits per heavy atom. The van der Waals surface area contributed by atoms with Crippen LogP contribution >= 0.6 is 0 Å². The van der Waals surface area contributed by atoms with Crippen molar-refractivity contribution in [3.63, 3.8) is 0 Å². The minimum atomic E-state index is -0.481. The van der Waals surface area contributed by atoms with Gasteiger partial charge >= 0.3 is 0 Å². The third kappa shape index (κ3) is 6.81. The number of benzene rings is 2. The molecule has 1 atom stereocenters. The number of aliphatic hydroxyl groups is 1. The summed E-state index contributed by atoms with van der Waals surface area (Å²) in [6.07, 6.45) is 7.68. The lowest BCUT2D eigenvalue weighted by Gasteiger charge is -2.30. The van der Waals surface area contributed by atoms with Gasteiger partial charge in [0.15, 0.2) is 0 Å². The largest absolute Gasteiger partial charge is 0.394 e. The standard InChI is InChI=1S/C30H38N6O/c1-4-5-15-30(2,21-37)35-28-26-12-11-23(18-27(26)33-29(31)34-28)25-13-16-32-19-24(25)20-36(3)17-14-22-9-7-6-8-10-22/h6-13,16,18-19,37H,4-5,14-15,17,20-21H2,1-3H3,(H3,31,33,34,35)/t30-/m1/s1. The Bertz CT molecular complexity index is 1310. The second-order valence-corrected chi connectivity index (χ2v) is 10.1. The van der Waals surface area contributed by atoms with Crippen LogP contribution < -0.4 is 11.1 Å². The number of aromatic nitrogens is 3. The quantitative estimate of drug-likeness (QED) is 0.244. The molecule has 37 heavy (non-hydrogen) atoms. The summed E-state index contributed by atoms with van der Waals surface area (Å²) in [7, 11) is 2.14. The van der Waals surface area contributed by atoms with Crippen LogP contribution in [0.5, 0.6) is 0 Å². The van der Waals surface area contributed by atoms with Gasteiger partial charge in [0.25, 0.3) is 0 Å². The Labute approximate surface area is 219 Å². The van der Waals surface area contributed by atoms with Gasteiger partial charge in [-0.25, -0.2) is 4.98 Å². The summed E-state index contributed by atoms with van der Waals surface area (Å²) < 4.78 is 0. The smallest absolute Gasteiger partial charge is 0.222 e. The molecule has 7 heteroatoms. The van der Waals surface area contributed by atoms with Crippen LogP contribution in [0.3, 0.4) is 0 Å². The first-order valence-electron chi connectivity index (χ1n) is 13.0. The van der Waals surface area contributed by atoms with Gasteiger partial charge in [0.2, 0.25) is 5.95 Å². The molecule has 0 radical (unpaired) electrons. The van der Waals surface area contributed by atoms with E-state index in [-0.39, 0.29) is 12.6 Å². The normalized spacial score (nSPS) is 13.1. The Morgan fingerprint density at radius 3 is 2.65 bits per heavy atom. The predicted octanol–water partition coefficient (Wildman–Crippen LogP) is 5.30. The third-order valence-corrected chi connectivity index (χ3v) is 6.85. The molecule has 2 aromatic carbocycles. The molecule has 4 N–H and O–H groups in total. The number of anilines is 2. The molecule has 0 aliphatic heterocycles. The highest BCUT2D eigenvalue weighted by atomic mass is 16.3. The number of fused-ring (bicyclic) bond motifs is 1. The fourth-order valence-corrected chi connectivity index (χ4v) is 4.61. The second-order valence-electron chi connectivity index (χ2n) is 10.1. The lowest BCUT2D eigenvalue weighted by molar-refractivity contribution is 0.212. The highest BCUT2D eigenvalue weighted by Gasteiger charge is 2.24. The number of likely N-dealkylation sites (N-methyl/N-ethyl adjacent to an activating group) is 1. The first-order chi connectivity index (χ1) is 17.9. The second kappa shape index (κ2) is 12.1. The van der Waals surface area contributed by atoms with Gasteiger partial charge in [-0.3, -0.25) is 4.98 Å². The number of pyridine rings is 1. The van der Waals surface area contributed by atoms with E-state index in [2.05, 4.69) is 81.6 Å². The van der Waals surface area contributed by atoms with Crippen molar-refractivity contribution in [2.45, 2.75) is 51.6 Å². The van der Waals surface area contributed by atoms with Crippen LogP contribution in [0.4, 0.5) is 11.8 Å². The van der Waals surface area contributed by atoms with E-state index >= 15 is 0 Å². The molecule has 2 heterocycles. The van der Waals surface area contributed by atoms with Gasteiger partial charge in [0.1, 0.15) is 5.82 Å². The molecule has 4 rings (SSSR count). The zero-order chi connectivity index (χ0) is 26.3. The molecular formula is C30H38N6O. The summed E-state index contributed by atoms with van der Waals surface area (Å²) >= 11 is 0. The van der Waals surface area contributed by atoms with E-state index in [0.717, 1.165) is 66.4 Å². The number of nitrogen functional groups attached to an aromatic ring is 1. The lowest BCUT2D eigenvalue weighted by atomic mass is 9.95. The average Bonchev–Trinajstić information content (AvgIpc) is 2.91. The van der Waals surface area contributed by atoms with Crippen LogP contribution in [0.1, 0.15) is 44.2 Å². The van der Waals surface area contributed by atoms with Crippen LogP contribution in [-0.2, 0) is 13.0 Å². The van der Waals surface area contributed by atoms with Gasteiger partial charge in [-0.1, -0.05) is 56.2 Å². The lowest BCUT2D eigenvalue weighted by Crippen LogP contribution is -2.39. The van der Waals surface area contributed by atoms with Gasteiger partial charge in [0.05, 0.1) is 17.7 Å². The summed E-state index contributed by atoms with van der Waals surface area (Å²) in [5.41, 5.74) is 11.1. The monoisotopic (exact) mass is 498 g/mol. The van der Waals surface area contributed by atoms with Crippen LogP contribution in [-0.4, -0.2) is 50.7 Å². The van der Waals surface area contributed by atoms with Crippen LogP contribution in [0.15, 0.2) is 67.0 Å². The van der Waals surface area contributed by atoms with Crippen molar-refractivity contribution in [3.05, 3.63) is 78.1 Å². The molecule has 0 bridgehead atoms. The van der Waals surface area contributed by atoms with Crippen molar-refractivity contribution in [2.24, 2.45) is 0 Å². The SMILES string of the molecule is CCCC[C@](C)(CO)Nc1nc(N)nc2cc(-c3ccncc3CN(C)CCc3ccccc3)ccc12. The maximum Gasteiger partial charge on any atom is 0.222 e. The number of unbranched alkanes of at least 4 members (excludes halogenated alkanes) is 1. The van der Waals surface area contributed by atoms with Gasteiger partial charge in [0, 0.05) is 30.9 Å². The van der Waals surface area contributed by atoms with Gasteiger partial charge in [-0.15, -0.1) is 0 Å². The predicted molar refractivity (Wildman–Crippen MR) is 152 cm³/mol. The topological polar surface area (TPSA) is 100 Å². The Hall–Kier alpha value is -3.55. The van der Waals surface area contributed by atoms with Gasteiger partial charge in [-0.2, -0.15) is 4.98 Å². The van der Waals surface area contributed by atoms with E-state index in [4.69, 9.17) is 5.73 Å². The maximum absolute atomic E-state index is 10.1. The van der Waals surface area contributed by atoms with E-state index in [1.807, 2.05) is 31.5 Å². The highest BCUT2D eigenvalue weighted by molar-refractivity contribution is 5.93. The summed E-state index contributed by atoms with van der Waals surface area (Å²) in [6.45, 7) is 5.91. The molecule has 2 aromatic heterocycles. The molecule has 0 saturated carbocycles. The Balaban J connectivity index is 1.58. The number of rotatable bonds is 12.